The summed E-state index contributed by atoms with van der Waals surface area (Å²) < 4.78 is 5.22. The quantitative estimate of drug-likeness (QED) is 0.607. The topological polar surface area (TPSA) is 71.2 Å². The fraction of sp³-hybridized carbons (Fsp3) is 0.647. The largest absolute Gasteiger partial charge is 0.354 e. The van der Waals surface area contributed by atoms with Gasteiger partial charge >= 0.3 is 0 Å². The summed E-state index contributed by atoms with van der Waals surface area (Å²) in [6.07, 6.45) is 2.02. The van der Waals surface area contributed by atoms with Gasteiger partial charge < -0.3 is 9.42 Å². The number of nitrogens with zero attached hydrogens (tertiary/aromatic N) is 6. The second kappa shape index (κ2) is 7.29. The van der Waals surface area contributed by atoms with Gasteiger partial charge in [0.05, 0.1) is 12.2 Å². The number of aryl methyl sites for hydroxylation is 1. The van der Waals surface area contributed by atoms with Crippen molar-refractivity contribution in [2.45, 2.75) is 44.8 Å². The van der Waals surface area contributed by atoms with Gasteiger partial charge in [0.25, 0.3) is 0 Å². The summed E-state index contributed by atoms with van der Waals surface area (Å²) in [4.78, 5) is 18.4. The standard InChI is InChI=1S/C17H26N6OS/c1-12-18-15(24-21-12)11-22-6-8-23(9-7-22)14-10-13(17(2,3)4)19-16(20-14)25-5/h10H,6-9,11H2,1-5H3. The van der Waals surface area contributed by atoms with Crippen molar-refractivity contribution in [3.63, 3.8) is 0 Å². The lowest BCUT2D eigenvalue weighted by Crippen LogP contribution is -2.46. The van der Waals surface area contributed by atoms with Crippen molar-refractivity contribution in [1.29, 1.82) is 0 Å². The third-order valence-corrected chi connectivity index (χ3v) is 4.82. The first kappa shape index (κ1) is 18.1. The van der Waals surface area contributed by atoms with Gasteiger partial charge in [0, 0.05) is 37.7 Å². The van der Waals surface area contributed by atoms with Crippen LogP contribution in [0.15, 0.2) is 15.7 Å². The van der Waals surface area contributed by atoms with E-state index in [1.165, 1.54) is 0 Å². The molecular weight excluding hydrogens is 336 g/mol. The minimum absolute atomic E-state index is 0.0137. The highest BCUT2D eigenvalue weighted by Crippen LogP contribution is 2.26. The Morgan fingerprint density at radius 3 is 2.40 bits per heavy atom. The van der Waals surface area contributed by atoms with Crippen molar-refractivity contribution in [1.82, 2.24) is 25.0 Å². The first-order valence-corrected chi connectivity index (χ1v) is 9.77. The minimum Gasteiger partial charge on any atom is -0.354 e. The average molecular weight is 363 g/mol. The van der Waals surface area contributed by atoms with E-state index in [0.29, 0.717) is 18.3 Å². The molecule has 2 aromatic rings. The van der Waals surface area contributed by atoms with Gasteiger partial charge in [-0.2, -0.15) is 4.98 Å². The summed E-state index contributed by atoms with van der Waals surface area (Å²) in [6.45, 7) is 12.9. The molecule has 136 valence electrons. The Labute approximate surface area is 153 Å². The van der Waals surface area contributed by atoms with Crippen LogP contribution in [0, 0.1) is 6.92 Å². The van der Waals surface area contributed by atoms with Gasteiger partial charge in [0.1, 0.15) is 5.82 Å². The van der Waals surface area contributed by atoms with Crippen LogP contribution in [0.4, 0.5) is 5.82 Å². The Morgan fingerprint density at radius 2 is 1.84 bits per heavy atom. The lowest BCUT2D eigenvalue weighted by Gasteiger charge is -2.35. The maximum absolute atomic E-state index is 5.22. The molecule has 3 rings (SSSR count). The second-order valence-electron chi connectivity index (χ2n) is 7.35. The molecule has 0 N–H and O–H groups in total. The number of rotatable bonds is 4. The van der Waals surface area contributed by atoms with E-state index in [1.54, 1.807) is 11.8 Å². The SMILES string of the molecule is CSc1nc(N2CCN(Cc3nc(C)no3)CC2)cc(C(C)(C)C)n1. The number of hydrogen-bond acceptors (Lipinski definition) is 8. The van der Waals surface area contributed by atoms with Crippen LogP contribution in [0.2, 0.25) is 0 Å². The number of piperazine rings is 1. The van der Waals surface area contributed by atoms with E-state index in [4.69, 9.17) is 9.51 Å². The zero-order valence-corrected chi connectivity index (χ0v) is 16.4. The van der Waals surface area contributed by atoms with Gasteiger partial charge in [-0.3, -0.25) is 4.90 Å². The van der Waals surface area contributed by atoms with Crippen LogP contribution >= 0.6 is 11.8 Å². The normalized spacial score (nSPS) is 16.4. The lowest BCUT2D eigenvalue weighted by molar-refractivity contribution is 0.215. The predicted molar refractivity (Wildman–Crippen MR) is 99.0 cm³/mol. The number of anilines is 1. The molecule has 1 fully saturated rings. The molecule has 0 atom stereocenters. The molecule has 0 amide bonds. The van der Waals surface area contributed by atoms with Crippen LogP contribution in [-0.2, 0) is 12.0 Å². The molecule has 0 aromatic carbocycles. The smallest absolute Gasteiger partial charge is 0.240 e. The summed E-state index contributed by atoms with van der Waals surface area (Å²) in [5.41, 5.74) is 1.10. The van der Waals surface area contributed by atoms with Gasteiger partial charge in [-0.05, 0) is 13.2 Å². The average Bonchev–Trinajstić information content (AvgIpc) is 2.99. The molecule has 7 nitrogen and oxygen atoms in total. The second-order valence-corrected chi connectivity index (χ2v) is 8.12. The van der Waals surface area contributed by atoms with Crippen LogP contribution in [0.5, 0.6) is 0 Å². The van der Waals surface area contributed by atoms with Gasteiger partial charge in [-0.1, -0.05) is 37.7 Å². The molecule has 1 saturated heterocycles. The Kier molecular flexibility index (Phi) is 5.29. The molecule has 1 aliphatic rings. The fourth-order valence-corrected chi connectivity index (χ4v) is 3.16. The van der Waals surface area contributed by atoms with Crippen LogP contribution < -0.4 is 4.90 Å². The fourth-order valence-electron chi connectivity index (χ4n) is 2.78. The van der Waals surface area contributed by atoms with Crippen molar-refractivity contribution in [3.8, 4) is 0 Å². The van der Waals surface area contributed by atoms with E-state index in [-0.39, 0.29) is 5.41 Å². The van der Waals surface area contributed by atoms with E-state index in [0.717, 1.165) is 42.8 Å². The van der Waals surface area contributed by atoms with E-state index in [1.807, 2.05) is 13.2 Å². The molecule has 0 unspecified atom stereocenters. The van der Waals surface area contributed by atoms with Gasteiger partial charge in [-0.15, -0.1) is 0 Å². The first-order valence-electron chi connectivity index (χ1n) is 8.55. The summed E-state index contributed by atoms with van der Waals surface area (Å²) in [7, 11) is 0. The van der Waals surface area contributed by atoms with Gasteiger partial charge in [-0.25, -0.2) is 9.97 Å². The summed E-state index contributed by atoms with van der Waals surface area (Å²) in [5.74, 6) is 2.40. The minimum atomic E-state index is 0.0137. The number of thioether (sulfide) groups is 1. The summed E-state index contributed by atoms with van der Waals surface area (Å²) in [6, 6.07) is 2.14. The molecule has 0 aliphatic carbocycles. The Bertz CT molecular complexity index is 718. The maximum atomic E-state index is 5.22. The van der Waals surface area contributed by atoms with Crippen molar-refractivity contribution < 1.29 is 4.52 Å². The monoisotopic (exact) mass is 362 g/mol. The van der Waals surface area contributed by atoms with Crippen molar-refractivity contribution in [3.05, 3.63) is 23.5 Å². The summed E-state index contributed by atoms with van der Waals surface area (Å²) >= 11 is 1.59. The Balaban J connectivity index is 1.68. The molecule has 8 heteroatoms. The van der Waals surface area contributed by atoms with Gasteiger partial charge in [0.2, 0.25) is 5.89 Å². The van der Waals surface area contributed by atoms with Crippen LogP contribution in [0.3, 0.4) is 0 Å². The van der Waals surface area contributed by atoms with E-state index in [9.17, 15) is 0 Å². The molecule has 25 heavy (non-hydrogen) atoms. The zero-order chi connectivity index (χ0) is 18.0. The van der Waals surface area contributed by atoms with E-state index < -0.39 is 0 Å². The van der Waals surface area contributed by atoms with Crippen molar-refractivity contribution in [2.75, 3.05) is 37.3 Å². The van der Waals surface area contributed by atoms with Crippen LogP contribution in [0.1, 0.15) is 38.2 Å². The van der Waals surface area contributed by atoms with Crippen LogP contribution in [0.25, 0.3) is 0 Å². The number of hydrogen-bond donors (Lipinski definition) is 0. The molecule has 0 radical (unpaired) electrons. The summed E-state index contributed by atoms with van der Waals surface area (Å²) in [5, 5.41) is 4.69. The first-order chi connectivity index (χ1) is 11.8. The predicted octanol–water partition coefficient (Wildman–Crippen LogP) is 2.51. The zero-order valence-electron chi connectivity index (χ0n) is 15.6. The van der Waals surface area contributed by atoms with Crippen LogP contribution in [-0.4, -0.2) is 57.4 Å². The highest BCUT2D eigenvalue weighted by atomic mass is 32.2. The maximum Gasteiger partial charge on any atom is 0.240 e. The molecule has 0 saturated carbocycles. The van der Waals surface area contributed by atoms with E-state index in [2.05, 4.69) is 51.8 Å². The van der Waals surface area contributed by atoms with Crippen molar-refractivity contribution in [2.24, 2.45) is 0 Å². The van der Waals surface area contributed by atoms with E-state index >= 15 is 0 Å². The third-order valence-electron chi connectivity index (χ3n) is 4.27. The van der Waals surface area contributed by atoms with Crippen molar-refractivity contribution >= 4 is 17.6 Å². The molecular formula is C17H26N6OS. The Morgan fingerprint density at radius 1 is 1.12 bits per heavy atom. The number of aromatic nitrogens is 4. The third kappa shape index (κ3) is 4.49. The molecule has 3 heterocycles. The molecule has 1 aliphatic heterocycles. The lowest BCUT2D eigenvalue weighted by atomic mass is 9.92. The Hall–Kier alpha value is -1.67. The molecule has 2 aromatic heterocycles. The highest BCUT2D eigenvalue weighted by Gasteiger charge is 2.23. The molecule has 0 bridgehead atoms. The highest BCUT2D eigenvalue weighted by molar-refractivity contribution is 7.98. The molecule has 0 spiro atoms. The van der Waals surface area contributed by atoms with Gasteiger partial charge in [0.15, 0.2) is 11.0 Å².